The van der Waals surface area contributed by atoms with Crippen molar-refractivity contribution in [2.75, 3.05) is 13.1 Å². The Balaban J connectivity index is 2.50. The first-order valence-electron chi connectivity index (χ1n) is 6.52. The second-order valence-corrected chi connectivity index (χ2v) is 5.56. The minimum atomic E-state index is -0.148. The van der Waals surface area contributed by atoms with E-state index in [-0.39, 0.29) is 17.4 Å². The van der Waals surface area contributed by atoms with Crippen LogP contribution in [0.2, 0.25) is 0 Å². The van der Waals surface area contributed by atoms with Crippen LogP contribution in [0.25, 0.3) is 0 Å². The summed E-state index contributed by atoms with van der Waals surface area (Å²) in [5, 5.41) is 6.46. The van der Waals surface area contributed by atoms with Crippen LogP contribution in [0.1, 0.15) is 47.0 Å². The van der Waals surface area contributed by atoms with Crippen molar-refractivity contribution < 1.29 is 4.79 Å². The first-order chi connectivity index (χ1) is 7.50. The molecule has 2 atom stereocenters. The third kappa shape index (κ3) is 3.21. The number of amides is 1. The Kier molecular flexibility index (Phi) is 4.78. The van der Waals surface area contributed by atoms with Crippen LogP contribution in [0.5, 0.6) is 0 Å². The van der Waals surface area contributed by atoms with Crippen LogP contribution < -0.4 is 10.6 Å². The standard InChI is InChI=1S/C13H26N2O/c1-5-13(6-7-14-9-13)12(16)15-11(4)8-10(2)3/h10-11,14H,5-9H2,1-4H3,(H,15,16). The quantitative estimate of drug-likeness (QED) is 0.752. The van der Waals surface area contributed by atoms with E-state index in [4.69, 9.17) is 0 Å². The molecule has 2 N–H and O–H groups in total. The van der Waals surface area contributed by atoms with Crippen molar-refractivity contribution in [3.05, 3.63) is 0 Å². The highest BCUT2D eigenvalue weighted by molar-refractivity contribution is 5.83. The first-order valence-corrected chi connectivity index (χ1v) is 6.52. The fraction of sp³-hybridized carbons (Fsp3) is 0.923. The van der Waals surface area contributed by atoms with E-state index >= 15 is 0 Å². The normalized spacial score (nSPS) is 27.1. The van der Waals surface area contributed by atoms with Gasteiger partial charge in [0, 0.05) is 12.6 Å². The number of rotatable bonds is 5. The Morgan fingerprint density at radius 3 is 2.56 bits per heavy atom. The first kappa shape index (κ1) is 13.5. The summed E-state index contributed by atoms with van der Waals surface area (Å²) in [7, 11) is 0. The highest BCUT2D eigenvalue weighted by Gasteiger charge is 2.39. The van der Waals surface area contributed by atoms with Crippen molar-refractivity contribution in [3.8, 4) is 0 Å². The van der Waals surface area contributed by atoms with Gasteiger partial charge in [-0.2, -0.15) is 0 Å². The fourth-order valence-electron chi connectivity index (χ4n) is 2.54. The summed E-state index contributed by atoms with van der Waals surface area (Å²) in [5.41, 5.74) is -0.148. The number of nitrogens with one attached hydrogen (secondary N) is 2. The lowest BCUT2D eigenvalue weighted by atomic mass is 9.83. The number of hydrogen-bond donors (Lipinski definition) is 2. The zero-order valence-electron chi connectivity index (χ0n) is 11.1. The highest BCUT2D eigenvalue weighted by Crippen LogP contribution is 2.29. The highest BCUT2D eigenvalue weighted by atomic mass is 16.2. The Morgan fingerprint density at radius 1 is 1.44 bits per heavy atom. The molecule has 2 unspecified atom stereocenters. The molecule has 94 valence electrons. The van der Waals surface area contributed by atoms with Gasteiger partial charge in [0.2, 0.25) is 5.91 Å². The molecule has 0 bridgehead atoms. The van der Waals surface area contributed by atoms with Crippen molar-refractivity contribution >= 4 is 5.91 Å². The van der Waals surface area contributed by atoms with Gasteiger partial charge in [0.05, 0.1) is 5.41 Å². The van der Waals surface area contributed by atoms with Crippen LogP contribution in [0.4, 0.5) is 0 Å². The molecule has 16 heavy (non-hydrogen) atoms. The molecule has 0 aromatic carbocycles. The molecule has 1 rings (SSSR count). The third-order valence-electron chi connectivity index (χ3n) is 3.60. The SMILES string of the molecule is CCC1(C(=O)NC(C)CC(C)C)CCNC1. The Hall–Kier alpha value is -0.570. The number of carbonyl (C=O) groups excluding carboxylic acids is 1. The van der Waals surface area contributed by atoms with E-state index < -0.39 is 0 Å². The maximum atomic E-state index is 12.2. The summed E-state index contributed by atoms with van der Waals surface area (Å²) >= 11 is 0. The Bertz CT molecular complexity index is 232. The van der Waals surface area contributed by atoms with Gasteiger partial charge in [-0.15, -0.1) is 0 Å². The summed E-state index contributed by atoms with van der Waals surface area (Å²) in [6.45, 7) is 10.4. The molecule has 0 aromatic rings. The molecular weight excluding hydrogens is 200 g/mol. The number of hydrogen-bond acceptors (Lipinski definition) is 2. The fourth-order valence-corrected chi connectivity index (χ4v) is 2.54. The summed E-state index contributed by atoms with van der Waals surface area (Å²) < 4.78 is 0. The second kappa shape index (κ2) is 5.67. The van der Waals surface area contributed by atoms with Crippen LogP contribution in [0.3, 0.4) is 0 Å². The maximum absolute atomic E-state index is 12.2. The molecule has 0 aromatic heterocycles. The Labute approximate surface area is 99.4 Å². The van der Waals surface area contributed by atoms with Crippen LogP contribution >= 0.6 is 0 Å². The summed E-state index contributed by atoms with van der Waals surface area (Å²) in [6, 6.07) is 0.288. The summed E-state index contributed by atoms with van der Waals surface area (Å²) in [5.74, 6) is 0.878. The van der Waals surface area contributed by atoms with Gasteiger partial charge >= 0.3 is 0 Å². The van der Waals surface area contributed by atoms with Gasteiger partial charge < -0.3 is 10.6 Å². The molecule has 3 heteroatoms. The molecule has 0 spiro atoms. The van der Waals surface area contributed by atoms with Crippen molar-refractivity contribution in [1.82, 2.24) is 10.6 Å². The molecule has 1 aliphatic heterocycles. The predicted molar refractivity (Wildman–Crippen MR) is 67.3 cm³/mol. The molecule has 1 fully saturated rings. The van der Waals surface area contributed by atoms with E-state index in [2.05, 4.69) is 38.3 Å². The summed E-state index contributed by atoms with van der Waals surface area (Å²) in [6.07, 6.45) is 2.96. The van der Waals surface area contributed by atoms with Crippen molar-refractivity contribution in [2.24, 2.45) is 11.3 Å². The Morgan fingerprint density at radius 2 is 2.12 bits per heavy atom. The molecule has 0 aliphatic carbocycles. The monoisotopic (exact) mass is 226 g/mol. The van der Waals surface area contributed by atoms with Crippen molar-refractivity contribution in [1.29, 1.82) is 0 Å². The zero-order valence-corrected chi connectivity index (χ0v) is 11.1. The molecule has 1 aliphatic rings. The van der Waals surface area contributed by atoms with Crippen molar-refractivity contribution in [3.63, 3.8) is 0 Å². The zero-order chi connectivity index (χ0) is 12.2. The van der Waals surface area contributed by atoms with E-state index in [9.17, 15) is 4.79 Å². The van der Waals surface area contributed by atoms with Crippen LogP contribution in [-0.4, -0.2) is 25.0 Å². The van der Waals surface area contributed by atoms with Gasteiger partial charge in [-0.25, -0.2) is 0 Å². The summed E-state index contributed by atoms with van der Waals surface area (Å²) in [4.78, 5) is 12.2. The molecular formula is C13H26N2O. The van der Waals surface area contributed by atoms with E-state index in [1.165, 1.54) is 0 Å². The van der Waals surface area contributed by atoms with Gasteiger partial charge in [-0.05, 0) is 38.6 Å². The van der Waals surface area contributed by atoms with Gasteiger partial charge in [-0.3, -0.25) is 4.79 Å². The third-order valence-corrected chi connectivity index (χ3v) is 3.60. The van der Waals surface area contributed by atoms with E-state index in [1.54, 1.807) is 0 Å². The van der Waals surface area contributed by atoms with Gasteiger partial charge in [-0.1, -0.05) is 20.8 Å². The van der Waals surface area contributed by atoms with Crippen LogP contribution in [0, 0.1) is 11.3 Å². The largest absolute Gasteiger partial charge is 0.353 e. The predicted octanol–water partition coefficient (Wildman–Crippen LogP) is 1.93. The van der Waals surface area contributed by atoms with E-state index in [1.807, 2.05) is 0 Å². The van der Waals surface area contributed by atoms with E-state index in [0.29, 0.717) is 5.92 Å². The topological polar surface area (TPSA) is 41.1 Å². The molecule has 1 amide bonds. The smallest absolute Gasteiger partial charge is 0.227 e. The molecule has 0 radical (unpaired) electrons. The minimum absolute atomic E-state index is 0.148. The lowest BCUT2D eigenvalue weighted by molar-refractivity contribution is -0.131. The van der Waals surface area contributed by atoms with Gasteiger partial charge in [0.15, 0.2) is 0 Å². The molecule has 1 heterocycles. The molecule has 0 saturated carbocycles. The average Bonchev–Trinajstić information content (AvgIpc) is 2.65. The maximum Gasteiger partial charge on any atom is 0.227 e. The lowest BCUT2D eigenvalue weighted by Gasteiger charge is -2.28. The van der Waals surface area contributed by atoms with Crippen LogP contribution in [0.15, 0.2) is 0 Å². The lowest BCUT2D eigenvalue weighted by Crippen LogP contribution is -2.46. The molecule has 3 nitrogen and oxygen atoms in total. The minimum Gasteiger partial charge on any atom is -0.353 e. The average molecular weight is 226 g/mol. The second-order valence-electron chi connectivity index (χ2n) is 5.56. The van der Waals surface area contributed by atoms with Crippen LogP contribution in [-0.2, 0) is 4.79 Å². The number of carbonyl (C=O) groups is 1. The molecule has 1 saturated heterocycles. The van der Waals surface area contributed by atoms with Crippen molar-refractivity contribution in [2.45, 2.75) is 53.0 Å². The van der Waals surface area contributed by atoms with Gasteiger partial charge in [0.1, 0.15) is 0 Å². The van der Waals surface area contributed by atoms with Gasteiger partial charge in [0.25, 0.3) is 0 Å². The van der Waals surface area contributed by atoms with E-state index in [0.717, 1.165) is 32.4 Å².